The second kappa shape index (κ2) is 8.55. The Hall–Kier alpha value is -0.860. The number of unbranched alkanes of at least 4 members (excludes halogenated alkanes) is 3. The van der Waals surface area contributed by atoms with Gasteiger partial charge in [0.15, 0.2) is 4.87 Å². The van der Waals surface area contributed by atoms with Gasteiger partial charge in [-0.05, 0) is 30.2 Å². The lowest BCUT2D eigenvalue weighted by Crippen LogP contribution is -2.46. The number of nitrogens with one attached hydrogen (secondary N) is 2. The van der Waals surface area contributed by atoms with E-state index in [1.165, 1.54) is 41.5 Å². The third-order valence-electron chi connectivity index (χ3n) is 2.98. The van der Waals surface area contributed by atoms with E-state index in [1.54, 1.807) is 20.2 Å². The molecule has 0 spiro atoms. The maximum absolute atomic E-state index is 11.8. The Labute approximate surface area is 134 Å². The minimum atomic E-state index is -0.939. The quantitative estimate of drug-likeness (QED) is 0.466. The lowest BCUT2D eigenvalue weighted by atomic mass is 10.2. The van der Waals surface area contributed by atoms with Crippen LogP contribution in [0.4, 0.5) is 4.79 Å². The van der Waals surface area contributed by atoms with Crippen LogP contribution in [0.5, 0.6) is 0 Å². The Balaban J connectivity index is 2.59. The van der Waals surface area contributed by atoms with Gasteiger partial charge in [0.1, 0.15) is 0 Å². The van der Waals surface area contributed by atoms with E-state index in [-0.39, 0.29) is 6.03 Å². The Morgan fingerprint density at radius 2 is 2.14 bits per heavy atom. The van der Waals surface area contributed by atoms with Gasteiger partial charge in [-0.1, -0.05) is 26.2 Å². The summed E-state index contributed by atoms with van der Waals surface area (Å²) in [6, 6.07) is -0.233. The number of primary amides is 1. The van der Waals surface area contributed by atoms with Gasteiger partial charge in [0, 0.05) is 14.1 Å². The molecule has 0 radical (unpaired) electrons. The Morgan fingerprint density at radius 1 is 1.43 bits per heavy atom. The molecule has 0 bridgehead atoms. The van der Waals surface area contributed by atoms with Crippen molar-refractivity contribution in [2.45, 2.75) is 37.5 Å². The molecule has 21 heavy (non-hydrogen) atoms. The van der Waals surface area contributed by atoms with E-state index in [0.29, 0.717) is 5.03 Å². The van der Waals surface area contributed by atoms with Gasteiger partial charge in [-0.25, -0.2) is 9.52 Å². The number of hydrogen-bond donors (Lipinski definition) is 3. The zero-order chi connectivity index (χ0) is 15.9. The number of carbonyl (C=O) groups excluding carboxylic acids is 2. The maximum Gasteiger partial charge on any atom is 0.321 e. The summed E-state index contributed by atoms with van der Waals surface area (Å²) in [6.07, 6.45) is 6.28. The number of nitrogens with two attached hydrogens (primary N) is 1. The van der Waals surface area contributed by atoms with Crippen molar-refractivity contribution < 1.29 is 9.59 Å². The van der Waals surface area contributed by atoms with Crippen LogP contribution >= 0.6 is 23.7 Å². The molecule has 0 aromatic rings. The van der Waals surface area contributed by atoms with Crippen LogP contribution in [0.25, 0.3) is 0 Å². The van der Waals surface area contributed by atoms with Crippen LogP contribution in [-0.2, 0) is 4.79 Å². The highest BCUT2D eigenvalue weighted by Gasteiger charge is 2.40. The second-order valence-corrected chi connectivity index (χ2v) is 7.24. The summed E-state index contributed by atoms with van der Waals surface area (Å²) in [6.45, 7) is 2.16. The van der Waals surface area contributed by atoms with Gasteiger partial charge in [0.2, 0.25) is 0 Å². The van der Waals surface area contributed by atoms with Crippen LogP contribution in [0.15, 0.2) is 11.1 Å². The topological polar surface area (TPSA) is 87.5 Å². The molecule has 1 unspecified atom stereocenters. The zero-order valence-corrected chi connectivity index (χ0v) is 14.4. The smallest absolute Gasteiger partial charge is 0.321 e. The highest BCUT2D eigenvalue weighted by Crippen LogP contribution is 2.36. The van der Waals surface area contributed by atoms with Crippen LogP contribution in [-0.4, -0.2) is 41.6 Å². The van der Waals surface area contributed by atoms with Gasteiger partial charge in [-0.2, -0.15) is 0 Å². The average molecular weight is 332 g/mol. The molecule has 120 valence electrons. The van der Waals surface area contributed by atoms with Crippen LogP contribution in [0.1, 0.15) is 32.6 Å². The van der Waals surface area contributed by atoms with Crippen LogP contribution in [0, 0.1) is 0 Å². The Kier molecular flexibility index (Phi) is 7.41. The molecular weight excluding hydrogens is 308 g/mol. The van der Waals surface area contributed by atoms with Gasteiger partial charge < -0.3 is 16.0 Å². The Morgan fingerprint density at radius 3 is 2.71 bits per heavy atom. The Bertz CT molecular complexity index is 415. The third-order valence-corrected chi connectivity index (χ3v) is 5.34. The van der Waals surface area contributed by atoms with Gasteiger partial charge in [-0.3, -0.25) is 4.79 Å². The van der Waals surface area contributed by atoms with Crippen molar-refractivity contribution in [3.63, 3.8) is 0 Å². The van der Waals surface area contributed by atoms with Crippen molar-refractivity contribution in [3.8, 4) is 0 Å². The molecule has 1 rings (SSSR count). The molecule has 3 amide bonds. The third kappa shape index (κ3) is 5.44. The molecule has 1 heterocycles. The molecule has 6 nitrogen and oxygen atoms in total. The first kappa shape index (κ1) is 18.2. The summed E-state index contributed by atoms with van der Waals surface area (Å²) < 4.78 is 3.03. The van der Waals surface area contributed by atoms with Crippen molar-refractivity contribution in [3.05, 3.63) is 11.1 Å². The molecule has 8 heteroatoms. The summed E-state index contributed by atoms with van der Waals surface area (Å²) in [5.74, 6) is 0.409. The fourth-order valence-electron chi connectivity index (χ4n) is 1.68. The van der Waals surface area contributed by atoms with E-state index in [4.69, 9.17) is 5.73 Å². The molecule has 0 aromatic carbocycles. The second-order valence-electron chi connectivity index (χ2n) is 5.05. The predicted molar refractivity (Wildman–Crippen MR) is 89.6 cm³/mol. The fraction of sp³-hybridized carbons (Fsp3) is 0.692. The molecule has 0 aliphatic carbocycles. The number of hydrogen-bond acceptors (Lipinski definition) is 5. The normalized spacial score (nSPS) is 21.0. The highest BCUT2D eigenvalue weighted by atomic mass is 32.2. The molecule has 0 saturated carbocycles. The van der Waals surface area contributed by atoms with Crippen molar-refractivity contribution >= 4 is 35.6 Å². The number of amides is 3. The van der Waals surface area contributed by atoms with E-state index in [9.17, 15) is 9.59 Å². The minimum absolute atomic E-state index is 0.233. The predicted octanol–water partition coefficient (Wildman–Crippen LogP) is 1.85. The van der Waals surface area contributed by atoms with E-state index >= 15 is 0 Å². The number of thioether (sulfide) groups is 1. The highest BCUT2D eigenvalue weighted by molar-refractivity contribution is 8.05. The van der Waals surface area contributed by atoms with Gasteiger partial charge in [0.25, 0.3) is 5.91 Å². The van der Waals surface area contributed by atoms with E-state index < -0.39 is 10.8 Å². The molecule has 1 aliphatic rings. The van der Waals surface area contributed by atoms with Gasteiger partial charge in [-0.15, -0.1) is 11.8 Å². The van der Waals surface area contributed by atoms with Crippen LogP contribution < -0.4 is 15.8 Å². The standard InChI is InChI=1S/C13H24N4O2S2/c1-4-5-6-7-8-20-13(11(14)18)9-10(21-16-13)15-12(19)17(2)3/h9,16H,4-8H2,1-3H3,(H2,14,18)(H,15,19). The van der Waals surface area contributed by atoms with Crippen LogP contribution in [0.2, 0.25) is 0 Å². The molecule has 4 N–H and O–H groups in total. The average Bonchev–Trinajstić information content (AvgIpc) is 2.83. The van der Waals surface area contributed by atoms with Gasteiger partial charge in [0.05, 0.1) is 5.03 Å². The molecule has 1 aliphatic heterocycles. The molecule has 0 saturated heterocycles. The molecule has 0 aromatic heterocycles. The van der Waals surface area contributed by atoms with Gasteiger partial charge >= 0.3 is 6.03 Å². The van der Waals surface area contributed by atoms with Crippen molar-refractivity contribution in [1.29, 1.82) is 0 Å². The largest absolute Gasteiger partial charge is 0.367 e. The lowest BCUT2D eigenvalue weighted by molar-refractivity contribution is -0.119. The zero-order valence-electron chi connectivity index (χ0n) is 12.8. The van der Waals surface area contributed by atoms with E-state index in [0.717, 1.165) is 18.6 Å². The first-order chi connectivity index (χ1) is 9.91. The number of carbonyl (C=O) groups is 2. The summed E-state index contributed by atoms with van der Waals surface area (Å²) in [5, 5.41) is 3.33. The summed E-state index contributed by atoms with van der Waals surface area (Å²) >= 11 is 2.70. The maximum atomic E-state index is 11.8. The monoisotopic (exact) mass is 332 g/mol. The van der Waals surface area contributed by atoms with E-state index in [1.807, 2.05) is 0 Å². The van der Waals surface area contributed by atoms with Crippen molar-refractivity contribution in [2.24, 2.45) is 5.73 Å². The first-order valence-electron chi connectivity index (χ1n) is 7.00. The van der Waals surface area contributed by atoms with Crippen LogP contribution in [0.3, 0.4) is 0 Å². The molecular formula is C13H24N4O2S2. The number of nitrogens with zero attached hydrogens (tertiary/aromatic N) is 1. The van der Waals surface area contributed by atoms with Crippen molar-refractivity contribution in [2.75, 3.05) is 19.8 Å². The van der Waals surface area contributed by atoms with E-state index in [2.05, 4.69) is 17.0 Å². The summed E-state index contributed by atoms with van der Waals surface area (Å²) in [4.78, 5) is 23.9. The lowest BCUT2D eigenvalue weighted by Gasteiger charge is -2.22. The first-order valence-corrected chi connectivity index (χ1v) is 8.80. The molecule has 0 fully saturated rings. The molecule has 1 atom stereocenters. The fourth-order valence-corrected chi connectivity index (χ4v) is 3.92. The SMILES string of the molecule is CCCCCCSC1(C(N)=O)C=C(NC(=O)N(C)C)SN1. The summed E-state index contributed by atoms with van der Waals surface area (Å²) in [7, 11) is 3.32. The van der Waals surface area contributed by atoms with Crippen molar-refractivity contribution in [1.82, 2.24) is 14.9 Å². The minimum Gasteiger partial charge on any atom is -0.367 e. The number of rotatable bonds is 8. The summed E-state index contributed by atoms with van der Waals surface area (Å²) in [5.41, 5.74) is 5.52. The number of urea groups is 1.